The van der Waals surface area contributed by atoms with Crippen molar-refractivity contribution in [2.45, 2.75) is 6.92 Å². The number of aromatic nitrogens is 2. The average Bonchev–Trinajstić information content (AvgIpc) is 3.10. The molecule has 0 atom stereocenters. The molecule has 0 unspecified atom stereocenters. The highest BCUT2D eigenvalue weighted by Gasteiger charge is 2.27. The van der Waals surface area contributed by atoms with E-state index in [1.807, 2.05) is 12.1 Å². The van der Waals surface area contributed by atoms with Crippen LogP contribution in [0.4, 0.5) is 0 Å². The van der Waals surface area contributed by atoms with Crippen LogP contribution in [-0.2, 0) is 0 Å². The van der Waals surface area contributed by atoms with Gasteiger partial charge in [0, 0.05) is 17.0 Å². The van der Waals surface area contributed by atoms with Crippen molar-refractivity contribution in [1.29, 1.82) is 5.41 Å². The lowest BCUT2D eigenvalue weighted by Gasteiger charge is -2.12. The van der Waals surface area contributed by atoms with E-state index in [1.165, 1.54) is 6.92 Å². The third-order valence-corrected chi connectivity index (χ3v) is 4.54. The van der Waals surface area contributed by atoms with Gasteiger partial charge in [-0.15, -0.1) is 11.3 Å². The Hall–Kier alpha value is -2.29. The summed E-state index contributed by atoms with van der Waals surface area (Å²) in [7, 11) is 0. The van der Waals surface area contributed by atoms with Crippen molar-refractivity contribution in [2.24, 2.45) is 0 Å². The number of hydrogen-bond donors (Lipinski definition) is 2. The number of thiophene rings is 1. The molecule has 7 nitrogen and oxygen atoms in total. The van der Waals surface area contributed by atoms with E-state index in [0.717, 1.165) is 16.0 Å². The Morgan fingerprint density at radius 1 is 1.45 bits per heavy atom. The molecule has 2 N–H and O–H groups in total. The molecule has 0 bridgehead atoms. The summed E-state index contributed by atoms with van der Waals surface area (Å²) in [5, 5.41) is 22.3. The number of fused-ring (bicyclic) bond motifs is 1. The molecule has 0 aliphatic heterocycles. The molecule has 112 valence electrons. The molecule has 2 heterocycles. The summed E-state index contributed by atoms with van der Waals surface area (Å²) in [5.74, 6) is -1.37. The second-order valence-electron chi connectivity index (χ2n) is 4.34. The SMILES string of the molecule is Cc1nc(C(=N)N(O)C(=O)c2sc3ccccc3c2Cl)no1. The molecule has 22 heavy (non-hydrogen) atoms. The van der Waals surface area contributed by atoms with E-state index in [0.29, 0.717) is 5.39 Å². The zero-order valence-corrected chi connectivity index (χ0v) is 12.8. The van der Waals surface area contributed by atoms with Gasteiger partial charge >= 0.3 is 0 Å². The van der Waals surface area contributed by atoms with Gasteiger partial charge in [0.05, 0.1) is 5.02 Å². The number of amidine groups is 1. The molecule has 0 fully saturated rings. The predicted octanol–water partition coefficient (Wildman–Crippen LogP) is 3.10. The highest BCUT2D eigenvalue weighted by molar-refractivity contribution is 7.21. The van der Waals surface area contributed by atoms with Crippen LogP contribution in [0.25, 0.3) is 10.1 Å². The Kier molecular flexibility index (Phi) is 3.65. The van der Waals surface area contributed by atoms with Crippen molar-refractivity contribution in [3.05, 3.63) is 45.9 Å². The molecule has 1 aromatic carbocycles. The Morgan fingerprint density at radius 2 is 2.18 bits per heavy atom. The minimum Gasteiger partial charge on any atom is -0.339 e. The number of carbonyl (C=O) groups is 1. The molecule has 1 amide bonds. The first kappa shape index (κ1) is 14.6. The van der Waals surface area contributed by atoms with Gasteiger partial charge < -0.3 is 4.52 Å². The van der Waals surface area contributed by atoms with E-state index in [-0.39, 0.29) is 26.7 Å². The molecule has 9 heteroatoms. The molecule has 0 spiro atoms. The van der Waals surface area contributed by atoms with Crippen molar-refractivity contribution >= 4 is 44.8 Å². The van der Waals surface area contributed by atoms with Crippen molar-refractivity contribution in [1.82, 2.24) is 15.2 Å². The van der Waals surface area contributed by atoms with Crippen molar-refractivity contribution < 1.29 is 14.5 Å². The Bertz CT molecular complexity index is 888. The molecule has 3 aromatic rings. The zero-order valence-electron chi connectivity index (χ0n) is 11.2. The number of nitrogens with one attached hydrogen (secondary N) is 1. The number of rotatable bonds is 2. The van der Waals surface area contributed by atoms with Crippen molar-refractivity contribution in [3.8, 4) is 0 Å². The van der Waals surface area contributed by atoms with Gasteiger partial charge in [-0.2, -0.15) is 10.0 Å². The minimum absolute atomic E-state index is 0.135. The quantitative estimate of drug-likeness (QED) is 0.324. The van der Waals surface area contributed by atoms with E-state index in [1.54, 1.807) is 12.1 Å². The van der Waals surface area contributed by atoms with Gasteiger partial charge in [0.2, 0.25) is 17.6 Å². The van der Waals surface area contributed by atoms with E-state index in [2.05, 4.69) is 10.1 Å². The highest BCUT2D eigenvalue weighted by atomic mass is 35.5. The smallest absolute Gasteiger partial charge is 0.295 e. The Labute approximate surface area is 133 Å². The van der Waals surface area contributed by atoms with Gasteiger partial charge in [0.25, 0.3) is 5.91 Å². The molecular weight excluding hydrogens is 328 g/mol. The lowest BCUT2D eigenvalue weighted by Crippen LogP contribution is -2.34. The summed E-state index contributed by atoms with van der Waals surface area (Å²) in [6, 6.07) is 7.22. The summed E-state index contributed by atoms with van der Waals surface area (Å²) in [6.45, 7) is 1.54. The fraction of sp³-hybridized carbons (Fsp3) is 0.0769. The fourth-order valence-corrected chi connectivity index (χ4v) is 3.28. The van der Waals surface area contributed by atoms with Gasteiger partial charge in [-0.3, -0.25) is 15.4 Å². The largest absolute Gasteiger partial charge is 0.339 e. The van der Waals surface area contributed by atoms with Gasteiger partial charge in [-0.25, -0.2) is 0 Å². The second-order valence-corrected chi connectivity index (χ2v) is 5.77. The van der Waals surface area contributed by atoms with Crippen LogP contribution < -0.4 is 0 Å². The molecule has 2 aromatic heterocycles. The molecule has 0 radical (unpaired) electrons. The van der Waals surface area contributed by atoms with Crippen LogP contribution in [0.1, 0.15) is 21.4 Å². The van der Waals surface area contributed by atoms with E-state index < -0.39 is 11.7 Å². The number of benzene rings is 1. The van der Waals surface area contributed by atoms with Crippen LogP contribution >= 0.6 is 22.9 Å². The summed E-state index contributed by atoms with van der Waals surface area (Å²) < 4.78 is 5.53. The van der Waals surface area contributed by atoms with Crippen LogP contribution in [0.3, 0.4) is 0 Å². The topological polar surface area (TPSA) is 103 Å². The standard InChI is InChI=1S/C13H9ClN4O3S/c1-6-16-12(17-21-6)11(15)18(20)13(19)10-9(14)7-4-2-3-5-8(7)22-10/h2-5,15,20H,1H3. The van der Waals surface area contributed by atoms with Crippen LogP contribution in [-0.4, -0.2) is 32.2 Å². The van der Waals surface area contributed by atoms with E-state index >= 15 is 0 Å². The zero-order chi connectivity index (χ0) is 15.9. The predicted molar refractivity (Wildman–Crippen MR) is 80.7 cm³/mol. The Morgan fingerprint density at radius 3 is 2.82 bits per heavy atom. The average molecular weight is 337 g/mol. The molecule has 0 aliphatic carbocycles. The van der Waals surface area contributed by atoms with Gasteiger partial charge in [0.15, 0.2) is 0 Å². The number of hydroxylamine groups is 2. The van der Waals surface area contributed by atoms with Crippen molar-refractivity contribution in [3.63, 3.8) is 0 Å². The number of hydrogen-bond acceptors (Lipinski definition) is 7. The number of nitrogens with zero attached hydrogens (tertiary/aromatic N) is 3. The third-order valence-electron chi connectivity index (χ3n) is 2.87. The summed E-state index contributed by atoms with van der Waals surface area (Å²) >= 11 is 7.32. The maximum Gasteiger partial charge on any atom is 0.295 e. The maximum absolute atomic E-state index is 12.3. The summed E-state index contributed by atoms with van der Waals surface area (Å²) in [6.07, 6.45) is 0. The van der Waals surface area contributed by atoms with E-state index in [4.69, 9.17) is 21.5 Å². The molecule has 3 rings (SSSR count). The molecule has 0 saturated carbocycles. The lowest BCUT2D eigenvalue weighted by molar-refractivity contribution is -0.00303. The normalized spacial score (nSPS) is 10.9. The fourth-order valence-electron chi connectivity index (χ4n) is 1.84. The van der Waals surface area contributed by atoms with Crippen molar-refractivity contribution in [2.75, 3.05) is 0 Å². The van der Waals surface area contributed by atoms with Gasteiger partial charge in [0.1, 0.15) is 4.88 Å². The Balaban J connectivity index is 1.95. The number of aryl methyl sites for hydroxylation is 1. The number of amides is 1. The maximum atomic E-state index is 12.3. The molecular formula is C13H9ClN4O3S. The second kappa shape index (κ2) is 5.48. The number of halogens is 1. The minimum atomic E-state index is -0.821. The van der Waals surface area contributed by atoms with Crippen LogP contribution in [0.5, 0.6) is 0 Å². The monoisotopic (exact) mass is 336 g/mol. The summed E-state index contributed by atoms with van der Waals surface area (Å²) in [5.41, 5.74) is 0. The van der Waals surface area contributed by atoms with Crippen LogP contribution in [0.2, 0.25) is 5.02 Å². The first-order chi connectivity index (χ1) is 10.5. The third kappa shape index (κ3) is 2.37. The molecule has 0 aliphatic rings. The highest BCUT2D eigenvalue weighted by Crippen LogP contribution is 2.35. The lowest BCUT2D eigenvalue weighted by atomic mass is 10.2. The first-order valence-electron chi connectivity index (χ1n) is 6.08. The summed E-state index contributed by atoms with van der Waals surface area (Å²) in [4.78, 5) is 16.3. The first-order valence-corrected chi connectivity index (χ1v) is 7.28. The van der Waals surface area contributed by atoms with E-state index in [9.17, 15) is 10.0 Å². The van der Waals surface area contributed by atoms with Crippen LogP contribution in [0.15, 0.2) is 28.8 Å². The molecule has 0 saturated heterocycles. The van der Waals surface area contributed by atoms with Gasteiger partial charge in [-0.1, -0.05) is 35.0 Å². The number of carbonyl (C=O) groups excluding carboxylic acids is 1. The van der Waals surface area contributed by atoms with Crippen LogP contribution in [0, 0.1) is 12.3 Å². The van der Waals surface area contributed by atoms with Gasteiger partial charge in [-0.05, 0) is 6.07 Å².